The molecule has 0 fully saturated rings. The van der Waals surface area contributed by atoms with E-state index in [1.807, 2.05) is 44.2 Å². The Morgan fingerprint density at radius 2 is 1.90 bits per heavy atom. The second-order valence-electron chi connectivity index (χ2n) is 4.36. The van der Waals surface area contributed by atoms with Gasteiger partial charge in [0.05, 0.1) is 0 Å². The zero-order valence-electron chi connectivity index (χ0n) is 12.1. The van der Waals surface area contributed by atoms with Gasteiger partial charge in [0.1, 0.15) is 0 Å². The predicted octanol–water partition coefficient (Wildman–Crippen LogP) is -0.252. The first-order chi connectivity index (χ1) is 10.2. The third-order valence-corrected chi connectivity index (χ3v) is 5.43. The molecule has 0 saturated carbocycles. The van der Waals surface area contributed by atoms with Crippen molar-refractivity contribution in [1.29, 1.82) is 0 Å². The average molecular weight is 353 g/mol. The van der Waals surface area contributed by atoms with Crippen molar-refractivity contribution >= 4 is 24.0 Å². The van der Waals surface area contributed by atoms with Crippen molar-refractivity contribution in [2.75, 3.05) is 6.61 Å². The first kappa shape index (κ1) is 15.8. The molecule has 1 aromatic heterocycles. The molecule has 0 atom stereocenters. The van der Waals surface area contributed by atoms with Gasteiger partial charge in [-0.15, -0.1) is 0 Å². The van der Waals surface area contributed by atoms with Gasteiger partial charge in [-0.2, -0.15) is 0 Å². The molecule has 0 bridgehead atoms. The van der Waals surface area contributed by atoms with Crippen molar-refractivity contribution in [2.45, 2.75) is 27.0 Å². The van der Waals surface area contributed by atoms with E-state index in [4.69, 9.17) is 4.74 Å². The van der Waals surface area contributed by atoms with Gasteiger partial charge in [0.25, 0.3) is 0 Å². The van der Waals surface area contributed by atoms with Crippen LogP contribution in [-0.4, -0.2) is 31.1 Å². The molecule has 0 aliphatic heterocycles. The molecule has 0 radical (unpaired) electrons. The van der Waals surface area contributed by atoms with Crippen molar-refractivity contribution in [3.8, 4) is 0 Å². The summed E-state index contributed by atoms with van der Waals surface area (Å²) < 4.78 is 8.82. The van der Waals surface area contributed by atoms with Crippen LogP contribution in [0.15, 0.2) is 39.9 Å². The monoisotopic (exact) mass is 354 g/mol. The van der Waals surface area contributed by atoms with E-state index in [1.54, 1.807) is 0 Å². The van der Waals surface area contributed by atoms with E-state index in [0.29, 0.717) is 18.6 Å². The van der Waals surface area contributed by atoms with E-state index in [0.717, 1.165) is 9.05 Å². The number of hydrogen-bond acceptors (Lipinski definition) is 3. The third-order valence-electron chi connectivity index (χ3n) is 2.98. The number of nitrogens with one attached hydrogen (secondary N) is 1. The average Bonchev–Trinajstić information content (AvgIpc) is 2.48. The van der Waals surface area contributed by atoms with Gasteiger partial charge in [0.15, 0.2) is 0 Å². The van der Waals surface area contributed by atoms with Crippen molar-refractivity contribution in [3.63, 3.8) is 0 Å². The van der Waals surface area contributed by atoms with Gasteiger partial charge >= 0.3 is 129 Å². The van der Waals surface area contributed by atoms with Crippen LogP contribution in [0.4, 0.5) is 0 Å². The summed E-state index contributed by atoms with van der Waals surface area (Å²) in [5.41, 5.74) is -0.0281. The molecular weight excluding hydrogens is 335 g/mol. The number of H-pyrrole nitrogens is 1. The van der Waals surface area contributed by atoms with Crippen LogP contribution in [0.25, 0.3) is 0 Å². The van der Waals surface area contributed by atoms with Crippen LogP contribution in [-0.2, 0) is 17.9 Å². The van der Waals surface area contributed by atoms with Gasteiger partial charge in [-0.05, 0) is 0 Å². The SMILES string of the molecule is CCOCn1c([Se]c2ccccc2)c(CC)c(=O)[nH]c1=O. The number of aromatic nitrogens is 2. The van der Waals surface area contributed by atoms with Gasteiger partial charge in [0.2, 0.25) is 0 Å². The second kappa shape index (κ2) is 7.41. The molecule has 0 amide bonds. The molecule has 0 aliphatic rings. The van der Waals surface area contributed by atoms with Crippen molar-refractivity contribution in [2.24, 2.45) is 0 Å². The molecule has 6 heteroatoms. The summed E-state index contributed by atoms with van der Waals surface area (Å²) in [5, 5.41) is 0. The van der Waals surface area contributed by atoms with E-state index in [1.165, 1.54) is 4.57 Å². The van der Waals surface area contributed by atoms with Crippen LogP contribution in [0.2, 0.25) is 0 Å². The summed E-state index contributed by atoms with van der Waals surface area (Å²) in [4.78, 5) is 26.4. The van der Waals surface area contributed by atoms with Gasteiger partial charge in [-0.1, -0.05) is 0 Å². The van der Waals surface area contributed by atoms with Gasteiger partial charge in [-0.25, -0.2) is 0 Å². The Balaban J connectivity index is 2.53. The minimum absolute atomic E-state index is 0.114. The van der Waals surface area contributed by atoms with Crippen LogP contribution in [0.1, 0.15) is 19.4 Å². The first-order valence-electron chi connectivity index (χ1n) is 6.84. The fourth-order valence-corrected chi connectivity index (χ4v) is 4.28. The van der Waals surface area contributed by atoms with Gasteiger partial charge in [-0.3, -0.25) is 0 Å². The Bertz CT molecular complexity index is 707. The standard InChI is InChI=1S/C15H18N2O3Se/c1-3-12-13(18)16-15(19)17(10-20-4-2)14(12)21-11-8-6-5-7-9-11/h5-9H,3-4,10H2,1-2H3,(H,16,18,19). The van der Waals surface area contributed by atoms with Crippen molar-refractivity contribution in [1.82, 2.24) is 9.55 Å². The zero-order valence-corrected chi connectivity index (χ0v) is 13.8. The summed E-state index contributed by atoms with van der Waals surface area (Å²) in [5.74, 6) is 0. The second-order valence-corrected chi connectivity index (χ2v) is 6.59. The molecular formula is C15H18N2O3Se. The normalized spacial score (nSPS) is 10.8. The van der Waals surface area contributed by atoms with Crippen LogP contribution < -0.4 is 20.3 Å². The predicted molar refractivity (Wildman–Crippen MR) is 83.8 cm³/mol. The molecule has 5 nitrogen and oxygen atoms in total. The molecule has 0 spiro atoms. The quantitative estimate of drug-likeness (QED) is 0.729. The molecule has 0 unspecified atom stereocenters. The first-order valence-corrected chi connectivity index (χ1v) is 8.55. The summed E-state index contributed by atoms with van der Waals surface area (Å²) in [6.45, 7) is 4.48. The van der Waals surface area contributed by atoms with Gasteiger partial charge in [0, 0.05) is 0 Å². The van der Waals surface area contributed by atoms with Crippen molar-refractivity contribution < 1.29 is 4.74 Å². The Morgan fingerprint density at radius 3 is 2.52 bits per heavy atom. The maximum atomic E-state index is 12.1. The Kier molecular flexibility index (Phi) is 5.56. The number of hydrogen-bond donors (Lipinski definition) is 1. The topological polar surface area (TPSA) is 64.1 Å². The number of benzene rings is 1. The number of ether oxygens (including phenoxy) is 1. The van der Waals surface area contributed by atoms with Crippen LogP contribution in [0, 0.1) is 0 Å². The molecule has 1 heterocycles. The van der Waals surface area contributed by atoms with E-state index >= 15 is 0 Å². The maximum absolute atomic E-state index is 12.1. The van der Waals surface area contributed by atoms with Crippen LogP contribution in [0.3, 0.4) is 0 Å². The molecule has 1 aromatic carbocycles. The Morgan fingerprint density at radius 1 is 1.19 bits per heavy atom. The molecule has 0 saturated heterocycles. The minimum atomic E-state index is -0.404. The van der Waals surface area contributed by atoms with E-state index < -0.39 is 5.69 Å². The Labute approximate surface area is 129 Å². The van der Waals surface area contributed by atoms with Gasteiger partial charge < -0.3 is 0 Å². The summed E-state index contributed by atoms with van der Waals surface area (Å²) >= 11 is -0.114. The van der Waals surface area contributed by atoms with E-state index in [-0.39, 0.29) is 27.2 Å². The molecule has 1 N–H and O–H groups in total. The fraction of sp³-hybridized carbons (Fsp3) is 0.333. The van der Waals surface area contributed by atoms with Crippen molar-refractivity contribution in [3.05, 3.63) is 56.7 Å². The number of nitrogens with zero attached hydrogens (tertiary/aromatic N) is 1. The summed E-state index contributed by atoms with van der Waals surface area (Å²) in [6, 6.07) is 9.89. The summed E-state index contributed by atoms with van der Waals surface area (Å²) in [6.07, 6.45) is 0.589. The van der Waals surface area contributed by atoms with Crippen LogP contribution in [0.5, 0.6) is 0 Å². The van der Waals surface area contributed by atoms with E-state index in [2.05, 4.69) is 4.98 Å². The third kappa shape index (κ3) is 3.73. The number of aromatic amines is 1. The Hall–Kier alpha value is -1.62. The molecule has 112 valence electrons. The molecule has 0 aliphatic carbocycles. The molecule has 2 aromatic rings. The molecule has 2 rings (SSSR count). The summed E-state index contributed by atoms with van der Waals surface area (Å²) in [7, 11) is 0. The zero-order chi connectivity index (χ0) is 15.2. The number of rotatable bonds is 6. The fourth-order valence-electron chi connectivity index (χ4n) is 1.92. The van der Waals surface area contributed by atoms with Crippen LogP contribution >= 0.6 is 0 Å². The molecule has 21 heavy (non-hydrogen) atoms. The van der Waals surface area contributed by atoms with E-state index in [9.17, 15) is 9.59 Å².